The molecule has 1 aliphatic rings. The predicted octanol–water partition coefficient (Wildman–Crippen LogP) is 2.16. The van der Waals surface area contributed by atoms with Gasteiger partial charge in [-0.3, -0.25) is 4.90 Å². The fourth-order valence-electron chi connectivity index (χ4n) is 0.836. The summed E-state index contributed by atoms with van der Waals surface area (Å²) in [6.07, 6.45) is 0. The summed E-state index contributed by atoms with van der Waals surface area (Å²) < 4.78 is 0. The van der Waals surface area contributed by atoms with Crippen LogP contribution in [0.3, 0.4) is 0 Å². The molecule has 2 atom stereocenters. The number of rotatable bonds is 3. The fraction of sp³-hybridized carbons (Fsp3) is 1.00. The van der Waals surface area contributed by atoms with E-state index in [1.807, 2.05) is 8.93 Å². The van der Waals surface area contributed by atoms with Gasteiger partial charge in [0.2, 0.25) is 0 Å². The van der Waals surface area contributed by atoms with E-state index in [-0.39, 0.29) is 0 Å². The number of nitrogens with zero attached hydrogens (tertiary/aromatic N) is 1. The summed E-state index contributed by atoms with van der Waals surface area (Å²) in [6, 6.07) is 0.784. The first-order valence-electron chi connectivity index (χ1n) is 3.27. The Morgan fingerprint density at radius 1 is 1.44 bits per heavy atom. The van der Waals surface area contributed by atoms with Gasteiger partial charge in [-0.1, -0.05) is 15.9 Å². The van der Waals surface area contributed by atoms with Gasteiger partial charge in [0.05, 0.1) is 0 Å². The van der Waals surface area contributed by atoms with Gasteiger partial charge < -0.3 is 0 Å². The van der Waals surface area contributed by atoms with Gasteiger partial charge in [0, 0.05) is 24.4 Å². The van der Waals surface area contributed by atoms with Crippen molar-refractivity contribution in [3.8, 4) is 0 Å². The Balaban J connectivity index is 2.22. The molecule has 3 heteroatoms. The molecule has 0 aromatic carbocycles. The molecule has 0 saturated carbocycles. The lowest BCUT2D eigenvalue weighted by atomic mass is 10.2. The van der Waals surface area contributed by atoms with Crippen LogP contribution >= 0.6 is 30.1 Å². The first-order chi connectivity index (χ1) is 4.25. The van der Waals surface area contributed by atoms with Crippen molar-refractivity contribution < 1.29 is 0 Å². The van der Waals surface area contributed by atoms with Crippen molar-refractivity contribution in [2.45, 2.75) is 25.1 Å². The highest BCUT2D eigenvalue weighted by atomic mass is 127. The molecule has 1 rings (SSSR count). The summed E-state index contributed by atoms with van der Waals surface area (Å²) in [5.74, 6) is 0. The summed E-state index contributed by atoms with van der Waals surface area (Å²) in [4.78, 5) is 2.50. The first kappa shape index (κ1) is 8.14. The molecule has 0 amide bonds. The van der Waals surface area contributed by atoms with E-state index in [9.17, 15) is 0 Å². The maximum Gasteiger partial charge on any atom is 0.0272 e. The molecule has 0 spiro atoms. The van der Waals surface area contributed by atoms with Crippen LogP contribution in [-0.2, 0) is 0 Å². The summed E-state index contributed by atoms with van der Waals surface area (Å²) in [5, 5.41) is 0.785. The molecule has 0 aromatic heterocycles. The van der Waals surface area contributed by atoms with Gasteiger partial charge in [-0.25, -0.2) is 0 Å². The van der Waals surface area contributed by atoms with Gasteiger partial charge in [0.25, 0.3) is 0 Å². The lowest BCUT2D eigenvalue weighted by molar-refractivity contribution is 0.426. The van der Waals surface area contributed by atoms with E-state index in [0.717, 1.165) is 11.3 Å². The van der Waals surface area contributed by atoms with Crippen LogP contribution in [0.1, 0.15) is 13.8 Å². The average molecular weight is 257 g/mol. The van der Waals surface area contributed by atoms with E-state index < -0.39 is 0 Å². The van der Waals surface area contributed by atoms with Crippen molar-refractivity contribution >= 4 is 30.1 Å². The Labute approximate surface area is 73.2 Å². The molecular weight excluding hydrogens is 245 g/mol. The van der Waals surface area contributed by atoms with E-state index in [1.54, 1.807) is 0 Å². The van der Waals surface area contributed by atoms with Crippen molar-refractivity contribution in [2.75, 3.05) is 13.1 Å². The highest BCUT2D eigenvalue weighted by Crippen LogP contribution is 2.26. The van der Waals surface area contributed by atoms with E-state index in [1.165, 1.54) is 13.1 Å². The van der Waals surface area contributed by atoms with E-state index in [2.05, 4.69) is 40.0 Å². The lowest BCUT2D eigenvalue weighted by Gasteiger charge is -2.17. The van der Waals surface area contributed by atoms with Crippen molar-refractivity contribution in [1.29, 1.82) is 0 Å². The molecular formula is C6H12INS. The summed E-state index contributed by atoms with van der Waals surface area (Å²) in [6.45, 7) is 7.24. The van der Waals surface area contributed by atoms with Gasteiger partial charge >= 0.3 is 0 Å². The molecule has 0 aliphatic carbocycles. The topological polar surface area (TPSA) is 3.01 Å². The number of hydrogen-bond acceptors (Lipinski definition) is 2. The van der Waals surface area contributed by atoms with Crippen LogP contribution in [0.15, 0.2) is 0 Å². The van der Waals surface area contributed by atoms with Crippen LogP contribution in [0.5, 0.6) is 0 Å². The maximum atomic E-state index is 2.50. The Morgan fingerprint density at radius 2 is 2.00 bits per heavy atom. The summed E-state index contributed by atoms with van der Waals surface area (Å²) >= 11 is 2.38. The van der Waals surface area contributed by atoms with Crippen molar-refractivity contribution in [2.24, 2.45) is 0 Å². The molecule has 2 unspecified atom stereocenters. The molecule has 9 heavy (non-hydrogen) atoms. The normalized spacial score (nSPS) is 25.7. The minimum absolute atomic E-state index is 0.784. The molecule has 0 radical (unpaired) electrons. The van der Waals surface area contributed by atoms with Gasteiger partial charge in [0.15, 0.2) is 0 Å². The van der Waals surface area contributed by atoms with Crippen molar-refractivity contribution in [3.05, 3.63) is 0 Å². The van der Waals surface area contributed by atoms with E-state index in [0.29, 0.717) is 0 Å². The molecule has 1 saturated heterocycles. The third-order valence-electron chi connectivity index (χ3n) is 1.88. The van der Waals surface area contributed by atoms with Crippen molar-refractivity contribution in [1.82, 2.24) is 4.90 Å². The average Bonchev–Trinajstić information content (AvgIpc) is 2.66. The minimum atomic E-state index is 0.784. The third kappa shape index (κ3) is 2.27. The van der Waals surface area contributed by atoms with Crippen LogP contribution in [0.25, 0.3) is 0 Å². The Morgan fingerprint density at radius 3 is 2.33 bits per heavy atom. The zero-order chi connectivity index (χ0) is 6.85. The molecule has 1 fully saturated rings. The van der Waals surface area contributed by atoms with Crippen LogP contribution in [-0.4, -0.2) is 29.3 Å². The molecule has 1 nitrogen and oxygen atoms in total. The second-order valence-electron chi connectivity index (χ2n) is 2.57. The standard InChI is InChI=1S/C6H12INS/c1-5(6(2)9-7)8-3-4-8/h5-6H,3-4H2,1-2H3. The van der Waals surface area contributed by atoms with Gasteiger partial charge in [-0.2, -0.15) is 0 Å². The quantitative estimate of drug-likeness (QED) is 0.563. The predicted molar refractivity (Wildman–Crippen MR) is 52.1 cm³/mol. The maximum absolute atomic E-state index is 2.50. The lowest BCUT2D eigenvalue weighted by Crippen LogP contribution is -2.24. The second-order valence-corrected chi connectivity index (χ2v) is 5.02. The molecule has 0 bridgehead atoms. The third-order valence-corrected chi connectivity index (χ3v) is 4.96. The Kier molecular flexibility index (Phi) is 3.11. The largest absolute Gasteiger partial charge is 0.297 e. The number of halogens is 1. The SMILES string of the molecule is CC(SI)C(C)N1CC1. The first-order valence-corrected chi connectivity index (χ1v) is 6.69. The molecule has 0 N–H and O–H groups in total. The molecule has 0 aromatic rings. The molecule has 1 heterocycles. The fourth-order valence-corrected chi connectivity index (χ4v) is 2.43. The highest BCUT2D eigenvalue weighted by Gasteiger charge is 2.27. The summed E-state index contributed by atoms with van der Waals surface area (Å²) in [5.41, 5.74) is 0. The van der Waals surface area contributed by atoms with E-state index >= 15 is 0 Å². The van der Waals surface area contributed by atoms with Gasteiger partial charge in [-0.05, 0) is 28.1 Å². The van der Waals surface area contributed by atoms with Gasteiger partial charge in [-0.15, -0.1) is 0 Å². The van der Waals surface area contributed by atoms with Crippen LogP contribution < -0.4 is 0 Å². The van der Waals surface area contributed by atoms with Crippen LogP contribution in [0.2, 0.25) is 0 Å². The zero-order valence-electron chi connectivity index (χ0n) is 5.80. The summed E-state index contributed by atoms with van der Waals surface area (Å²) in [7, 11) is 1.93. The number of hydrogen-bond donors (Lipinski definition) is 0. The van der Waals surface area contributed by atoms with Crippen LogP contribution in [0.4, 0.5) is 0 Å². The van der Waals surface area contributed by atoms with Gasteiger partial charge in [0.1, 0.15) is 0 Å². The van der Waals surface area contributed by atoms with Crippen LogP contribution in [0, 0.1) is 0 Å². The smallest absolute Gasteiger partial charge is 0.0272 e. The monoisotopic (exact) mass is 257 g/mol. The zero-order valence-corrected chi connectivity index (χ0v) is 8.78. The van der Waals surface area contributed by atoms with E-state index in [4.69, 9.17) is 0 Å². The Hall–Kier alpha value is 1.04. The molecule has 1 aliphatic heterocycles. The van der Waals surface area contributed by atoms with Crippen molar-refractivity contribution in [3.63, 3.8) is 0 Å². The highest BCUT2D eigenvalue weighted by molar-refractivity contribution is 14.2. The molecule has 54 valence electrons. The Bertz CT molecular complexity index is 95.1. The minimum Gasteiger partial charge on any atom is -0.297 e. The second kappa shape index (κ2) is 3.44.